The van der Waals surface area contributed by atoms with Gasteiger partial charge in [-0.25, -0.2) is 18.1 Å². The summed E-state index contributed by atoms with van der Waals surface area (Å²) in [6.45, 7) is 10.7. The zero-order valence-corrected chi connectivity index (χ0v) is 25.3. The van der Waals surface area contributed by atoms with E-state index >= 15 is 0 Å². The number of nitrogens with one attached hydrogen (secondary N) is 1. The normalized spacial score (nSPS) is 16.8. The van der Waals surface area contributed by atoms with Crippen LogP contribution in [0.15, 0.2) is 78.0 Å². The third-order valence-electron chi connectivity index (χ3n) is 7.11. The number of anilines is 1. The highest BCUT2D eigenvalue weighted by atomic mass is 32.2. The molecule has 2 aromatic heterocycles. The SMILES string of the molecule is Cc1cccc(C)c1-c1cc2nc(n1)NS(=O)(=O)c1cccc(c1)C(=O)N(Cc1cccnc1)[C@H](CC(C)(C)C)CO2. The molecule has 218 valence electrons. The lowest BCUT2D eigenvalue weighted by atomic mass is 9.87. The van der Waals surface area contributed by atoms with E-state index in [1.807, 2.05) is 44.2 Å². The highest BCUT2D eigenvalue weighted by Gasteiger charge is 2.31. The second-order valence-corrected chi connectivity index (χ2v) is 13.5. The van der Waals surface area contributed by atoms with Crippen molar-refractivity contribution in [2.75, 3.05) is 11.3 Å². The molecule has 0 unspecified atom stereocenters. The van der Waals surface area contributed by atoms with Crippen molar-refractivity contribution in [1.82, 2.24) is 19.9 Å². The van der Waals surface area contributed by atoms with Gasteiger partial charge in [-0.1, -0.05) is 51.1 Å². The molecule has 4 bridgehead atoms. The van der Waals surface area contributed by atoms with Crippen LogP contribution in [0.25, 0.3) is 11.3 Å². The summed E-state index contributed by atoms with van der Waals surface area (Å²) in [4.78, 5) is 29.1. The molecular weight excluding hydrogens is 550 g/mol. The topological polar surface area (TPSA) is 114 Å². The molecule has 1 aliphatic heterocycles. The fraction of sp³-hybridized carbons (Fsp3) is 0.312. The summed E-state index contributed by atoms with van der Waals surface area (Å²) in [5.41, 5.74) is 4.33. The number of hydrogen-bond donors (Lipinski definition) is 1. The number of fused-ring (bicyclic) bond motifs is 4. The Labute approximate surface area is 247 Å². The maximum Gasteiger partial charge on any atom is 0.264 e. The average Bonchev–Trinajstić information content (AvgIpc) is 2.93. The molecule has 9 nitrogen and oxygen atoms in total. The smallest absolute Gasteiger partial charge is 0.264 e. The molecule has 10 heteroatoms. The Morgan fingerprint density at radius 3 is 2.43 bits per heavy atom. The van der Waals surface area contributed by atoms with E-state index in [4.69, 9.17) is 4.74 Å². The van der Waals surface area contributed by atoms with Gasteiger partial charge in [-0.15, -0.1) is 0 Å². The minimum atomic E-state index is -4.13. The summed E-state index contributed by atoms with van der Waals surface area (Å²) >= 11 is 0. The molecule has 0 saturated carbocycles. The first-order valence-electron chi connectivity index (χ1n) is 13.8. The highest BCUT2D eigenvalue weighted by molar-refractivity contribution is 7.92. The van der Waals surface area contributed by atoms with Crippen molar-refractivity contribution in [3.8, 4) is 17.1 Å². The van der Waals surface area contributed by atoms with Crippen LogP contribution in [-0.4, -0.2) is 46.8 Å². The van der Waals surface area contributed by atoms with Crippen molar-refractivity contribution in [2.24, 2.45) is 5.41 Å². The number of amides is 1. The second-order valence-electron chi connectivity index (χ2n) is 11.8. The first kappa shape index (κ1) is 29.2. The van der Waals surface area contributed by atoms with Gasteiger partial charge in [0.15, 0.2) is 0 Å². The van der Waals surface area contributed by atoms with E-state index in [2.05, 4.69) is 40.4 Å². The fourth-order valence-corrected chi connectivity index (χ4v) is 6.22. The van der Waals surface area contributed by atoms with Crippen LogP contribution < -0.4 is 9.46 Å². The molecule has 42 heavy (non-hydrogen) atoms. The monoisotopic (exact) mass is 585 g/mol. The maximum absolute atomic E-state index is 14.1. The third-order valence-corrected chi connectivity index (χ3v) is 8.43. The number of pyridine rings is 1. The van der Waals surface area contributed by atoms with Crippen molar-refractivity contribution in [1.29, 1.82) is 0 Å². The van der Waals surface area contributed by atoms with Crippen LogP contribution in [0, 0.1) is 19.3 Å². The number of carbonyl (C=O) groups excluding carboxylic acids is 1. The van der Waals surface area contributed by atoms with E-state index in [9.17, 15) is 13.2 Å². The predicted octanol–water partition coefficient (Wildman–Crippen LogP) is 5.80. The van der Waals surface area contributed by atoms with E-state index in [1.165, 1.54) is 12.1 Å². The van der Waals surface area contributed by atoms with E-state index in [-0.39, 0.29) is 52.8 Å². The van der Waals surface area contributed by atoms with Gasteiger partial charge >= 0.3 is 0 Å². The number of sulfonamides is 1. The first-order valence-corrected chi connectivity index (χ1v) is 15.3. The van der Waals surface area contributed by atoms with E-state index in [0.29, 0.717) is 12.1 Å². The number of aromatic nitrogens is 3. The molecule has 0 fully saturated rings. The molecule has 1 N–H and O–H groups in total. The van der Waals surface area contributed by atoms with Gasteiger partial charge in [0, 0.05) is 36.1 Å². The number of ether oxygens (including phenoxy) is 1. The molecule has 1 amide bonds. The largest absolute Gasteiger partial charge is 0.475 e. The third kappa shape index (κ3) is 6.60. The van der Waals surface area contributed by atoms with Crippen molar-refractivity contribution < 1.29 is 17.9 Å². The summed E-state index contributed by atoms with van der Waals surface area (Å²) in [5, 5.41) is 0. The Morgan fingerprint density at radius 1 is 1.00 bits per heavy atom. The zero-order valence-electron chi connectivity index (χ0n) is 24.5. The lowest BCUT2D eigenvalue weighted by molar-refractivity contribution is 0.0513. The van der Waals surface area contributed by atoms with Gasteiger partial charge in [-0.2, -0.15) is 4.98 Å². The van der Waals surface area contributed by atoms with E-state index < -0.39 is 10.0 Å². The minimum Gasteiger partial charge on any atom is -0.475 e. The Bertz CT molecular complexity index is 1700. The Balaban J connectivity index is 1.68. The van der Waals surface area contributed by atoms with Crippen LogP contribution in [0.4, 0.5) is 5.95 Å². The lowest BCUT2D eigenvalue weighted by Crippen LogP contribution is -2.45. The Morgan fingerprint density at radius 2 is 1.74 bits per heavy atom. The van der Waals surface area contributed by atoms with E-state index in [1.54, 1.807) is 35.5 Å². The first-order chi connectivity index (χ1) is 19.9. The quantitative estimate of drug-likeness (QED) is 0.322. The zero-order chi connectivity index (χ0) is 30.1. The van der Waals surface area contributed by atoms with Gasteiger partial charge in [-0.05, 0) is 66.6 Å². The van der Waals surface area contributed by atoms with Crippen molar-refractivity contribution in [3.63, 3.8) is 0 Å². The van der Waals surface area contributed by atoms with Crippen molar-refractivity contribution in [2.45, 2.75) is 58.5 Å². The van der Waals surface area contributed by atoms with Crippen LogP contribution in [0.5, 0.6) is 5.88 Å². The standard InChI is InChI=1S/C32H35N5O4S/c1-21-9-6-10-22(2)29(21)27-16-28-35-31(34-27)36-42(39,40)26-13-7-12-24(15-26)30(38)37(19-23-11-8-14-33-18-23)25(20-41-28)17-32(3,4)5/h6-16,18,25H,17,19-20H2,1-5H3,(H,34,35,36)/t25-/m1/s1. The van der Waals surface area contributed by atoms with Gasteiger partial charge in [-0.3, -0.25) is 9.78 Å². The van der Waals surface area contributed by atoms with Crippen molar-refractivity contribution >= 4 is 21.9 Å². The van der Waals surface area contributed by atoms with Crippen molar-refractivity contribution in [3.05, 3.63) is 95.3 Å². The van der Waals surface area contributed by atoms with Crippen LogP contribution in [0.2, 0.25) is 0 Å². The van der Waals surface area contributed by atoms with Crippen LogP contribution in [-0.2, 0) is 16.6 Å². The summed E-state index contributed by atoms with van der Waals surface area (Å²) in [5.74, 6) is -0.207. The lowest BCUT2D eigenvalue weighted by Gasteiger charge is -2.35. The average molecular weight is 586 g/mol. The molecule has 4 aromatic rings. The molecule has 0 aliphatic carbocycles. The second kappa shape index (κ2) is 11.5. The summed E-state index contributed by atoms with van der Waals surface area (Å²) in [6.07, 6.45) is 4.03. The van der Waals surface area contributed by atoms with Gasteiger partial charge in [0.05, 0.1) is 16.6 Å². The van der Waals surface area contributed by atoms with Gasteiger partial charge in [0.25, 0.3) is 15.9 Å². The number of carbonyl (C=O) groups is 1. The predicted molar refractivity (Wildman–Crippen MR) is 162 cm³/mol. The molecule has 0 saturated heterocycles. The molecule has 1 atom stereocenters. The Hall–Kier alpha value is -4.31. The molecule has 3 heterocycles. The van der Waals surface area contributed by atoms with Gasteiger partial charge in [0.1, 0.15) is 6.61 Å². The number of aryl methyl sites for hydroxylation is 2. The van der Waals surface area contributed by atoms with Crippen LogP contribution in [0.1, 0.15) is 54.2 Å². The van der Waals surface area contributed by atoms with Gasteiger partial charge < -0.3 is 9.64 Å². The van der Waals surface area contributed by atoms with Crippen LogP contribution in [0.3, 0.4) is 0 Å². The maximum atomic E-state index is 14.1. The number of rotatable bonds is 4. The van der Waals surface area contributed by atoms with Crippen LogP contribution >= 0.6 is 0 Å². The Kier molecular flexibility index (Phi) is 8.01. The fourth-order valence-electron chi connectivity index (χ4n) is 5.23. The molecular formula is C32H35N5O4S. The molecule has 5 rings (SSSR count). The number of benzene rings is 2. The highest BCUT2D eigenvalue weighted by Crippen LogP contribution is 2.31. The van der Waals surface area contributed by atoms with E-state index in [0.717, 1.165) is 22.3 Å². The molecule has 0 radical (unpaired) electrons. The van der Waals surface area contributed by atoms with Gasteiger partial charge in [0.2, 0.25) is 11.8 Å². The summed E-state index contributed by atoms with van der Waals surface area (Å²) < 4.78 is 35.9. The minimum absolute atomic E-state index is 0.0650. The summed E-state index contributed by atoms with van der Waals surface area (Å²) in [7, 11) is -4.13. The molecule has 0 spiro atoms. The molecule has 2 aromatic carbocycles. The number of hydrogen-bond acceptors (Lipinski definition) is 7. The summed E-state index contributed by atoms with van der Waals surface area (Å²) in [6, 6.07) is 17.0. The molecule has 1 aliphatic rings. The number of nitrogens with zero attached hydrogens (tertiary/aromatic N) is 4.